The SMILES string of the molecule is CCOC(c1noc(C2CCNCC2)n1)C(C)(C)C. The fourth-order valence-corrected chi connectivity index (χ4v) is 2.47. The van der Waals surface area contributed by atoms with Crippen molar-refractivity contribution in [2.45, 2.75) is 52.6 Å². The summed E-state index contributed by atoms with van der Waals surface area (Å²) in [6.45, 7) is 11.1. The normalized spacial score (nSPS) is 19.6. The quantitative estimate of drug-likeness (QED) is 0.908. The smallest absolute Gasteiger partial charge is 0.229 e. The first-order chi connectivity index (χ1) is 9.02. The van der Waals surface area contributed by atoms with Gasteiger partial charge in [0.2, 0.25) is 11.7 Å². The molecule has 0 bridgehead atoms. The molecule has 5 nitrogen and oxygen atoms in total. The molecule has 19 heavy (non-hydrogen) atoms. The van der Waals surface area contributed by atoms with Crippen molar-refractivity contribution in [3.63, 3.8) is 0 Å². The Balaban J connectivity index is 2.13. The van der Waals surface area contributed by atoms with E-state index in [1.165, 1.54) is 0 Å². The van der Waals surface area contributed by atoms with E-state index < -0.39 is 0 Å². The van der Waals surface area contributed by atoms with Gasteiger partial charge in [-0.05, 0) is 38.3 Å². The van der Waals surface area contributed by atoms with E-state index in [0.717, 1.165) is 31.8 Å². The fourth-order valence-electron chi connectivity index (χ4n) is 2.47. The molecule has 5 heteroatoms. The maximum absolute atomic E-state index is 5.80. The molecule has 1 unspecified atom stereocenters. The third-order valence-electron chi connectivity index (χ3n) is 3.50. The molecule has 1 aromatic rings. The molecule has 2 heterocycles. The molecule has 1 N–H and O–H groups in total. The van der Waals surface area contributed by atoms with Gasteiger partial charge in [0, 0.05) is 12.5 Å². The summed E-state index contributed by atoms with van der Waals surface area (Å²) < 4.78 is 11.3. The molecule has 1 aliphatic heterocycles. The second-order valence-electron chi connectivity index (χ2n) is 6.22. The van der Waals surface area contributed by atoms with Crippen molar-refractivity contribution >= 4 is 0 Å². The van der Waals surface area contributed by atoms with Crippen molar-refractivity contribution in [3.05, 3.63) is 11.7 Å². The number of rotatable bonds is 4. The monoisotopic (exact) mass is 267 g/mol. The zero-order chi connectivity index (χ0) is 13.9. The van der Waals surface area contributed by atoms with Gasteiger partial charge in [-0.25, -0.2) is 0 Å². The van der Waals surface area contributed by atoms with E-state index in [9.17, 15) is 0 Å². The van der Waals surface area contributed by atoms with Crippen molar-refractivity contribution in [1.82, 2.24) is 15.5 Å². The van der Waals surface area contributed by atoms with Crippen LogP contribution in [-0.2, 0) is 4.74 Å². The Labute approximate surface area is 115 Å². The van der Waals surface area contributed by atoms with Crippen LogP contribution in [-0.4, -0.2) is 29.8 Å². The molecule has 1 fully saturated rings. The summed E-state index contributed by atoms with van der Waals surface area (Å²) in [5.74, 6) is 1.85. The summed E-state index contributed by atoms with van der Waals surface area (Å²) in [7, 11) is 0. The largest absolute Gasteiger partial charge is 0.370 e. The second-order valence-corrected chi connectivity index (χ2v) is 6.22. The van der Waals surface area contributed by atoms with E-state index in [0.29, 0.717) is 18.3 Å². The van der Waals surface area contributed by atoms with Gasteiger partial charge in [0.25, 0.3) is 0 Å². The number of nitrogens with one attached hydrogen (secondary N) is 1. The molecule has 0 radical (unpaired) electrons. The van der Waals surface area contributed by atoms with E-state index in [1.807, 2.05) is 6.92 Å². The van der Waals surface area contributed by atoms with Gasteiger partial charge in [-0.15, -0.1) is 0 Å². The molecular weight excluding hydrogens is 242 g/mol. The molecule has 0 aromatic carbocycles. The number of aromatic nitrogens is 2. The van der Waals surface area contributed by atoms with Crippen LogP contribution in [0.4, 0.5) is 0 Å². The lowest BCUT2D eigenvalue weighted by molar-refractivity contribution is -0.0203. The third-order valence-corrected chi connectivity index (χ3v) is 3.50. The Morgan fingerprint density at radius 1 is 1.37 bits per heavy atom. The second kappa shape index (κ2) is 6.01. The zero-order valence-electron chi connectivity index (χ0n) is 12.4. The van der Waals surface area contributed by atoms with Crippen molar-refractivity contribution < 1.29 is 9.26 Å². The zero-order valence-corrected chi connectivity index (χ0v) is 12.4. The van der Waals surface area contributed by atoms with Gasteiger partial charge in [-0.2, -0.15) is 4.98 Å². The van der Waals surface area contributed by atoms with E-state index in [1.54, 1.807) is 0 Å². The fraction of sp³-hybridized carbons (Fsp3) is 0.857. The molecule has 2 rings (SSSR count). The number of nitrogens with zero attached hydrogens (tertiary/aromatic N) is 2. The van der Waals surface area contributed by atoms with Crippen LogP contribution in [0.15, 0.2) is 4.52 Å². The Morgan fingerprint density at radius 2 is 2.05 bits per heavy atom. The van der Waals surface area contributed by atoms with Crippen LogP contribution in [0.5, 0.6) is 0 Å². The number of hydrogen-bond donors (Lipinski definition) is 1. The Bertz CT molecular complexity index is 392. The van der Waals surface area contributed by atoms with Crippen LogP contribution in [0.2, 0.25) is 0 Å². The standard InChI is InChI=1S/C14H25N3O2/c1-5-18-11(14(2,3)4)12-16-13(19-17-12)10-6-8-15-9-7-10/h10-11,15H,5-9H2,1-4H3. The predicted octanol–water partition coefficient (Wildman–Crippen LogP) is 2.66. The highest BCUT2D eigenvalue weighted by Gasteiger charge is 2.32. The first kappa shape index (κ1) is 14.5. The average Bonchev–Trinajstić information content (AvgIpc) is 2.84. The van der Waals surface area contributed by atoms with Crippen molar-refractivity contribution in [1.29, 1.82) is 0 Å². The molecule has 0 aliphatic carbocycles. The van der Waals surface area contributed by atoms with Crippen LogP contribution < -0.4 is 5.32 Å². The van der Waals surface area contributed by atoms with E-state index in [2.05, 4.69) is 36.2 Å². The van der Waals surface area contributed by atoms with Gasteiger partial charge in [0.15, 0.2) is 0 Å². The van der Waals surface area contributed by atoms with Gasteiger partial charge in [-0.1, -0.05) is 25.9 Å². The van der Waals surface area contributed by atoms with Gasteiger partial charge in [0.05, 0.1) is 0 Å². The first-order valence-electron chi connectivity index (χ1n) is 7.18. The van der Waals surface area contributed by atoms with Crippen molar-refractivity contribution in [3.8, 4) is 0 Å². The summed E-state index contributed by atoms with van der Waals surface area (Å²) in [6, 6.07) is 0. The molecule has 1 aliphatic rings. The molecule has 0 amide bonds. The summed E-state index contributed by atoms with van der Waals surface area (Å²) >= 11 is 0. The highest BCUT2D eigenvalue weighted by molar-refractivity contribution is 5.01. The highest BCUT2D eigenvalue weighted by Crippen LogP contribution is 2.35. The maximum atomic E-state index is 5.80. The number of ether oxygens (including phenoxy) is 1. The van der Waals surface area contributed by atoms with E-state index >= 15 is 0 Å². The average molecular weight is 267 g/mol. The van der Waals surface area contributed by atoms with Gasteiger partial charge >= 0.3 is 0 Å². The van der Waals surface area contributed by atoms with Crippen molar-refractivity contribution in [2.24, 2.45) is 5.41 Å². The Morgan fingerprint density at radius 3 is 2.63 bits per heavy atom. The molecule has 1 saturated heterocycles. The first-order valence-corrected chi connectivity index (χ1v) is 7.18. The summed E-state index contributed by atoms with van der Waals surface area (Å²) in [6.07, 6.45) is 2.02. The van der Waals surface area contributed by atoms with E-state index in [4.69, 9.17) is 9.26 Å². The minimum absolute atomic E-state index is 0.0364. The van der Waals surface area contributed by atoms with E-state index in [-0.39, 0.29) is 11.5 Å². The van der Waals surface area contributed by atoms with Gasteiger partial charge < -0.3 is 14.6 Å². The third kappa shape index (κ3) is 3.54. The molecule has 0 saturated carbocycles. The lowest BCUT2D eigenvalue weighted by Gasteiger charge is -2.27. The predicted molar refractivity (Wildman–Crippen MR) is 73.0 cm³/mol. The molecule has 1 atom stereocenters. The summed E-state index contributed by atoms with van der Waals surface area (Å²) in [5, 5.41) is 7.49. The highest BCUT2D eigenvalue weighted by atomic mass is 16.5. The van der Waals surface area contributed by atoms with Crippen LogP contribution in [0, 0.1) is 5.41 Å². The van der Waals surface area contributed by atoms with Crippen LogP contribution in [0.25, 0.3) is 0 Å². The topological polar surface area (TPSA) is 60.2 Å². The lowest BCUT2D eigenvalue weighted by Crippen LogP contribution is -2.27. The summed E-state index contributed by atoms with van der Waals surface area (Å²) in [4.78, 5) is 4.59. The number of hydrogen-bond acceptors (Lipinski definition) is 5. The van der Waals surface area contributed by atoms with Crippen LogP contribution in [0.3, 0.4) is 0 Å². The minimum atomic E-state index is -0.114. The molecule has 1 aromatic heterocycles. The molecular formula is C14H25N3O2. The molecule has 108 valence electrons. The van der Waals surface area contributed by atoms with Crippen LogP contribution >= 0.6 is 0 Å². The maximum Gasteiger partial charge on any atom is 0.229 e. The van der Waals surface area contributed by atoms with Crippen LogP contribution in [0.1, 0.15) is 64.3 Å². The van der Waals surface area contributed by atoms with Gasteiger partial charge in [-0.3, -0.25) is 0 Å². The van der Waals surface area contributed by atoms with Crippen molar-refractivity contribution in [2.75, 3.05) is 19.7 Å². The van der Waals surface area contributed by atoms with Gasteiger partial charge in [0.1, 0.15) is 6.10 Å². The number of piperidine rings is 1. The molecule has 0 spiro atoms. The summed E-state index contributed by atoms with van der Waals surface area (Å²) in [5.41, 5.74) is -0.0364. The lowest BCUT2D eigenvalue weighted by atomic mass is 9.88. The Kier molecular flexibility index (Phi) is 4.58. The Hall–Kier alpha value is -0.940. The minimum Gasteiger partial charge on any atom is -0.370 e.